The number of benzene rings is 2. The minimum Gasteiger partial charge on any atom is -0.780 e. The predicted octanol–water partition coefficient (Wildman–Crippen LogP) is -8.88. The van der Waals surface area contributed by atoms with Gasteiger partial charge in [0.05, 0.1) is 26.2 Å². The number of ketones is 1. The van der Waals surface area contributed by atoms with Gasteiger partial charge in [0.25, 0.3) is 0 Å². The summed E-state index contributed by atoms with van der Waals surface area (Å²) in [4.78, 5) is 55.1. The van der Waals surface area contributed by atoms with Crippen molar-refractivity contribution in [2.75, 3.05) is 13.7 Å². The summed E-state index contributed by atoms with van der Waals surface area (Å²) in [5, 5.41) is 61.9. The third kappa shape index (κ3) is 11.1. The molecular formula is C28H34Na2O21P2. The Morgan fingerprint density at radius 3 is 2.08 bits per heavy atom. The van der Waals surface area contributed by atoms with Crippen LogP contribution in [0.5, 0.6) is 28.7 Å². The number of carbonyl (C=O) groups is 1. The molecule has 25 heteroatoms. The maximum Gasteiger partial charge on any atom is 1.00 e. The fraction of sp³-hybridized carbons (Fsp3) is 0.536. The first-order valence-corrected chi connectivity index (χ1v) is 18.0. The van der Waals surface area contributed by atoms with Crippen molar-refractivity contribution in [1.29, 1.82) is 0 Å². The van der Waals surface area contributed by atoms with Crippen LogP contribution in [0.25, 0.3) is 0 Å². The van der Waals surface area contributed by atoms with Crippen molar-refractivity contribution in [3.8, 4) is 28.7 Å². The molecule has 3 aliphatic heterocycles. The van der Waals surface area contributed by atoms with Gasteiger partial charge in [-0.1, -0.05) is 6.07 Å². The largest absolute Gasteiger partial charge is 1.00 e. The third-order valence-electron chi connectivity index (χ3n) is 8.10. The van der Waals surface area contributed by atoms with E-state index in [2.05, 4.69) is 9.05 Å². The molecule has 2 aromatic rings. The Kier molecular flexibility index (Phi) is 16.2. The Morgan fingerprint density at radius 2 is 1.45 bits per heavy atom. The Hall–Kier alpha value is -0.950. The number of fused-ring (bicyclic) bond motifs is 1. The van der Waals surface area contributed by atoms with Gasteiger partial charge < -0.3 is 82.5 Å². The fourth-order valence-corrected chi connectivity index (χ4v) is 6.35. The smallest absolute Gasteiger partial charge is 0.780 e. The fourth-order valence-electron chi connectivity index (χ4n) is 5.56. The van der Waals surface area contributed by atoms with Gasteiger partial charge in [-0.2, -0.15) is 0 Å². The van der Waals surface area contributed by atoms with Gasteiger partial charge in [0, 0.05) is 12.1 Å². The quantitative estimate of drug-likeness (QED) is 0.0771. The van der Waals surface area contributed by atoms with E-state index in [0.29, 0.717) is 0 Å². The molecule has 0 spiro atoms. The molecule has 0 unspecified atom stereocenters. The number of aliphatic hydroxyl groups excluding tert-OH is 6. The van der Waals surface area contributed by atoms with Crippen LogP contribution < -0.4 is 92.2 Å². The molecule has 0 bridgehead atoms. The van der Waals surface area contributed by atoms with E-state index >= 15 is 0 Å². The average Bonchev–Trinajstić information content (AvgIpc) is 3.03. The molecule has 2 saturated heterocycles. The molecule has 284 valence electrons. The number of Topliss-reactive ketones (excluding diaryl/α,β-unsaturated/α-hetero) is 1. The summed E-state index contributed by atoms with van der Waals surface area (Å²) in [5.41, 5.74) is -0.356. The van der Waals surface area contributed by atoms with Crippen molar-refractivity contribution in [3.63, 3.8) is 0 Å². The van der Waals surface area contributed by atoms with Gasteiger partial charge in [0.15, 0.2) is 23.6 Å². The van der Waals surface area contributed by atoms with Gasteiger partial charge in [-0.05, 0) is 24.6 Å². The standard InChI is InChI=1S/C28H36O21P2.2Na/c1-10-21(30)23(32)25(34)27(44-10)43-9-19-22(31)24(33)26(35)28(47-19)45-12-6-17-20(18(7-12)49-51(39,40)41)13(29)8-15(46-17)11-3-4-14(42-2)16(5-11)48-50(36,37)38;;/h3-7,10,15,19,21-28,30-35H,8-9H2,1-2H3,(H2,36,37,38)(H2,39,40,41);;/q;2*+1/p-2/t10-,15-,19+,21-,22+,23+,24-,25+,26+,27+,28+;;/m0../s1. The molecule has 8 N–H and O–H groups in total. The van der Waals surface area contributed by atoms with E-state index in [9.17, 15) is 64.1 Å². The molecule has 0 radical (unpaired) electrons. The molecule has 53 heavy (non-hydrogen) atoms. The van der Waals surface area contributed by atoms with E-state index in [1.165, 1.54) is 26.2 Å². The van der Waals surface area contributed by atoms with Crippen LogP contribution in [0.3, 0.4) is 0 Å². The van der Waals surface area contributed by atoms with E-state index < -0.39 is 131 Å². The zero-order chi connectivity index (χ0) is 37.6. The van der Waals surface area contributed by atoms with E-state index in [1.807, 2.05) is 0 Å². The SMILES string of the molecule is COc1ccc([C@@H]2CC(=O)c3c(cc(O[C@@H]4O[C@H](CO[C@@H]5O[C@@H](C)[C@H](O)[C@@H](O)[C@H]5O)[C@@H](O)[C@H](O)[C@H]4O)cc3OP(=O)([O-])[O-])O2)cc1OP(=O)(O)O.[Na+].[Na+]. The summed E-state index contributed by atoms with van der Waals surface area (Å²) >= 11 is 0. The molecular weight excluding hydrogens is 780 g/mol. The van der Waals surface area contributed by atoms with Crippen LogP contribution in [0.4, 0.5) is 0 Å². The molecule has 5 rings (SSSR count). The number of phosphoric ester groups is 2. The monoisotopic (exact) mass is 814 g/mol. The number of aliphatic hydroxyl groups is 6. The van der Waals surface area contributed by atoms with Crippen molar-refractivity contribution in [1.82, 2.24) is 0 Å². The van der Waals surface area contributed by atoms with Crippen molar-refractivity contribution in [2.45, 2.75) is 80.9 Å². The molecule has 2 aromatic carbocycles. The number of methoxy groups -OCH3 is 1. The minimum absolute atomic E-state index is 0. The topological polar surface area (TPSA) is 333 Å². The van der Waals surface area contributed by atoms with Gasteiger partial charge in [-0.15, -0.1) is 0 Å². The van der Waals surface area contributed by atoms with Gasteiger partial charge in [0.2, 0.25) is 6.29 Å². The molecule has 21 nitrogen and oxygen atoms in total. The molecule has 2 fully saturated rings. The molecule has 0 amide bonds. The summed E-state index contributed by atoms with van der Waals surface area (Å²) < 4.78 is 65.2. The van der Waals surface area contributed by atoms with Crippen LogP contribution in [-0.4, -0.2) is 121 Å². The second kappa shape index (κ2) is 18.5. The second-order valence-electron chi connectivity index (χ2n) is 11.7. The summed E-state index contributed by atoms with van der Waals surface area (Å²) in [6, 6.07) is 5.61. The summed E-state index contributed by atoms with van der Waals surface area (Å²) in [6.45, 7) is 0.765. The molecule has 0 saturated carbocycles. The zero-order valence-corrected chi connectivity index (χ0v) is 34.2. The van der Waals surface area contributed by atoms with E-state index in [0.717, 1.165) is 18.2 Å². The van der Waals surface area contributed by atoms with E-state index in [4.69, 9.17) is 28.4 Å². The summed E-state index contributed by atoms with van der Waals surface area (Å²) in [7, 11) is -9.67. The Balaban J connectivity index is 0.00000378. The van der Waals surface area contributed by atoms with Crippen molar-refractivity contribution in [2.24, 2.45) is 0 Å². The normalized spacial score (nSPS) is 31.5. The molecule has 0 aromatic heterocycles. The number of ether oxygens (including phenoxy) is 6. The maximum absolute atomic E-state index is 13.3. The average molecular weight is 814 g/mol. The predicted molar refractivity (Wildman–Crippen MR) is 158 cm³/mol. The molecule has 3 heterocycles. The second-order valence-corrected chi connectivity index (χ2v) is 13.9. The minimum atomic E-state index is -5.82. The first-order chi connectivity index (χ1) is 23.8. The summed E-state index contributed by atoms with van der Waals surface area (Å²) in [6.07, 6.45) is -18.1. The Bertz CT molecular complexity index is 1690. The van der Waals surface area contributed by atoms with Crippen molar-refractivity contribution in [3.05, 3.63) is 41.5 Å². The van der Waals surface area contributed by atoms with E-state index in [-0.39, 0.29) is 70.4 Å². The van der Waals surface area contributed by atoms with Gasteiger partial charge in [-0.25, -0.2) is 4.57 Å². The molecule has 3 aliphatic rings. The molecule has 11 atom stereocenters. The van der Waals surface area contributed by atoms with Crippen molar-refractivity contribution < 1.29 is 161 Å². The number of hydrogen-bond acceptors (Lipinski definition) is 19. The third-order valence-corrected chi connectivity index (χ3v) is 8.95. The number of hydrogen-bond donors (Lipinski definition) is 8. The Morgan fingerprint density at radius 1 is 0.811 bits per heavy atom. The first kappa shape index (κ1) is 46.4. The number of rotatable bonds is 11. The number of carbonyl (C=O) groups excluding carboxylic acids is 1. The van der Waals surface area contributed by atoms with Gasteiger partial charge in [0.1, 0.15) is 79.5 Å². The van der Waals surface area contributed by atoms with Gasteiger partial charge >= 0.3 is 66.9 Å². The zero-order valence-electron chi connectivity index (χ0n) is 28.4. The van der Waals surface area contributed by atoms with Crippen LogP contribution in [0.15, 0.2) is 30.3 Å². The summed E-state index contributed by atoms with van der Waals surface area (Å²) in [5.74, 6) is -2.96. The maximum atomic E-state index is 13.3. The van der Waals surface area contributed by atoms with Crippen LogP contribution in [-0.2, 0) is 23.3 Å². The Labute approximate surface area is 344 Å². The van der Waals surface area contributed by atoms with Crippen LogP contribution >= 0.6 is 15.6 Å². The van der Waals surface area contributed by atoms with Gasteiger partial charge in [-0.3, -0.25) is 14.6 Å². The van der Waals surface area contributed by atoms with Crippen LogP contribution in [0.1, 0.15) is 35.4 Å². The number of phosphoric acid groups is 2. The van der Waals surface area contributed by atoms with Crippen LogP contribution in [0, 0.1) is 0 Å². The first-order valence-electron chi connectivity index (χ1n) is 15.0. The van der Waals surface area contributed by atoms with Crippen LogP contribution in [0.2, 0.25) is 0 Å². The van der Waals surface area contributed by atoms with E-state index in [1.54, 1.807) is 0 Å². The van der Waals surface area contributed by atoms with Crippen molar-refractivity contribution >= 4 is 21.4 Å². The molecule has 0 aliphatic carbocycles.